The van der Waals surface area contributed by atoms with Crippen molar-refractivity contribution in [2.45, 2.75) is 19.8 Å². The fraction of sp³-hybridized carbons (Fsp3) is 0.529. The van der Waals surface area contributed by atoms with Crippen LogP contribution in [0.15, 0.2) is 22.8 Å². The van der Waals surface area contributed by atoms with E-state index in [9.17, 15) is 4.79 Å². The number of nitrogens with zero attached hydrogens (tertiary/aromatic N) is 6. The fourth-order valence-electron chi connectivity index (χ4n) is 2.94. The molecule has 1 N–H and O–H groups in total. The Hall–Kier alpha value is -2.42. The van der Waals surface area contributed by atoms with Crippen LogP contribution in [0.5, 0.6) is 0 Å². The number of aliphatic imine (C=N–C) groups is 1. The van der Waals surface area contributed by atoms with Crippen molar-refractivity contribution in [2.24, 2.45) is 12.0 Å². The van der Waals surface area contributed by atoms with Crippen molar-refractivity contribution in [3.63, 3.8) is 0 Å². The predicted molar refractivity (Wildman–Crippen MR) is 104 cm³/mol. The lowest BCUT2D eigenvalue weighted by Gasteiger charge is -2.35. The Bertz CT molecular complexity index is 782. The van der Waals surface area contributed by atoms with Crippen molar-refractivity contribution in [3.05, 3.63) is 28.5 Å². The van der Waals surface area contributed by atoms with Gasteiger partial charge in [-0.3, -0.25) is 14.5 Å². The Morgan fingerprint density at radius 1 is 1.42 bits per heavy atom. The Labute approximate surface area is 157 Å². The Morgan fingerprint density at radius 2 is 2.27 bits per heavy atom. The summed E-state index contributed by atoms with van der Waals surface area (Å²) in [5.41, 5.74) is 1.95. The van der Waals surface area contributed by atoms with Crippen LogP contribution < -0.4 is 10.2 Å². The van der Waals surface area contributed by atoms with E-state index in [1.807, 2.05) is 18.1 Å². The molecule has 9 heteroatoms. The maximum atomic E-state index is 12.5. The molecule has 8 nitrogen and oxygen atoms in total. The van der Waals surface area contributed by atoms with E-state index in [2.05, 4.69) is 32.7 Å². The number of aryl methyl sites for hydroxylation is 2. The zero-order valence-corrected chi connectivity index (χ0v) is 16.3. The van der Waals surface area contributed by atoms with Crippen LogP contribution in [-0.2, 0) is 24.7 Å². The van der Waals surface area contributed by atoms with Gasteiger partial charge in [0.25, 0.3) is 0 Å². The average molecular weight is 376 g/mol. The number of aromatic nitrogens is 3. The molecule has 1 saturated heterocycles. The topological polar surface area (TPSA) is 78.7 Å². The first-order valence-corrected chi connectivity index (χ1v) is 9.66. The summed E-state index contributed by atoms with van der Waals surface area (Å²) in [7, 11) is 3.60. The monoisotopic (exact) mass is 375 g/mol. The molecule has 0 radical (unpaired) electrons. The van der Waals surface area contributed by atoms with Crippen molar-refractivity contribution in [1.82, 2.24) is 25.0 Å². The number of amides is 1. The zero-order valence-electron chi connectivity index (χ0n) is 15.5. The lowest BCUT2D eigenvalue weighted by molar-refractivity contribution is -0.120. The summed E-state index contributed by atoms with van der Waals surface area (Å²) in [5, 5.41) is 10.8. The number of piperazine rings is 1. The molecule has 0 spiro atoms. The van der Waals surface area contributed by atoms with Crippen LogP contribution in [0.4, 0.5) is 5.69 Å². The zero-order chi connectivity index (χ0) is 18.5. The molecule has 2 aromatic heterocycles. The molecule has 140 valence electrons. The van der Waals surface area contributed by atoms with E-state index in [0.29, 0.717) is 13.1 Å². The van der Waals surface area contributed by atoms with Gasteiger partial charge >= 0.3 is 0 Å². The third kappa shape index (κ3) is 4.21. The van der Waals surface area contributed by atoms with Gasteiger partial charge in [0.1, 0.15) is 6.54 Å². The van der Waals surface area contributed by atoms with Gasteiger partial charge in [-0.15, -0.1) is 11.3 Å². The fourth-order valence-corrected chi connectivity index (χ4v) is 3.71. The molecule has 0 saturated carbocycles. The summed E-state index contributed by atoms with van der Waals surface area (Å²) in [6, 6.07) is 0. The second-order valence-electron chi connectivity index (χ2n) is 6.15. The highest BCUT2D eigenvalue weighted by Crippen LogP contribution is 2.16. The van der Waals surface area contributed by atoms with Gasteiger partial charge in [0.15, 0.2) is 5.96 Å². The molecule has 3 heterocycles. The quantitative estimate of drug-likeness (QED) is 0.621. The van der Waals surface area contributed by atoms with E-state index in [1.54, 1.807) is 34.2 Å². The summed E-state index contributed by atoms with van der Waals surface area (Å²) in [6.45, 7) is 4.53. The van der Waals surface area contributed by atoms with Crippen LogP contribution in [0.25, 0.3) is 0 Å². The first kappa shape index (κ1) is 18.4. The standard InChI is InChI=1S/C17H25N7OS/c1-4-15-21-13(12-26-15)5-6-19-17(18-2)23-7-8-24(16(25)11-23)14-9-20-22(3)10-14/h9-10,12H,4-8,11H2,1-3H3,(H,18,19). The average Bonchev–Trinajstić information content (AvgIpc) is 3.27. The molecule has 1 aliphatic heterocycles. The molecule has 2 aromatic rings. The highest BCUT2D eigenvalue weighted by Gasteiger charge is 2.27. The lowest BCUT2D eigenvalue weighted by atomic mass is 10.3. The number of hydrogen-bond donors (Lipinski definition) is 1. The smallest absolute Gasteiger partial charge is 0.246 e. The second kappa shape index (κ2) is 8.31. The Balaban J connectivity index is 1.52. The molecule has 3 rings (SSSR count). The van der Waals surface area contributed by atoms with Crippen LogP contribution in [-0.4, -0.2) is 64.8 Å². The summed E-state index contributed by atoms with van der Waals surface area (Å²) in [4.78, 5) is 25.2. The van der Waals surface area contributed by atoms with Gasteiger partial charge in [-0.25, -0.2) is 4.98 Å². The summed E-state index contributed by atoms with van der Waals surface area (Å²) in [6.07, 6.45) is 5.40. The molecule has 1 aliphatic rings. The first-order valence-electron chi connectivity index (χ1n) is 8.78. The van der Waals surface area contributed by atoms with Gasteiger partial charge < -0.3 is 15.1 Å². The van der Waals surface area contributed by atoms with E-state index in [-0.39, 0.29) is 5.91 Å². The van der Waals surface area contributed by atoms with Gasteiger partial charge in [0.05, 0.1) is 22.6 Å². The van der Waals surface area contributed by atoms with Crippen molar-refractivity contribution >= 4 is 28.9 Å². The second-order valence-corrected chi connectivity index (χ2v) is 7.09. The number of hydrogen-bond acceptors (Lipinski definition) is 5. The highest BCUT2D eigenvalue weighted by atomic mass is 32.1. The minimum absolute atomic E-state index is 0.0549. The van der Waals surface area contributed by atoms with Gasteiger partial charge in [-0.05, 0) is 6.42 Å². The van der Waals surface area contributed by atoms with Gasteiger partial charge in [-0.2, -0.15) is 5.10 Å². The largest absolute Gasteiger partial charge is 0.356 e. The molecule has 0 unspecified atom stereocenters. The van der Waals surface area contributed by atoms with Crippen LogP contribution in [0, 0.1) is 0 Å². The van der Waals surface area contributed by atoms with Gasteiger partial charge in [0, 0.05) is 51.7 Å². The van der Waals surface area contributed by atoms with Gasteiger partial charge in [-0.1, -0.05) is 6.92 Å². The van der Waals surface area contributed by atoms with Crippen molar-refractivity contribution < 1.29 is 4.79 Å². The molecular formula is C17H25N7OS. The number of thiazole rings is 1. The Morgan fingerprint density at radius 3 is 2.88 bits per heavy atom. The van der Waals surface area contributed by atoms with Crippen LogP contribution in [0.2, 0.25) is 0 Å². The highest BCUT2D eigenvalue weighted by molar-refractivity contribution is 7.09. The number of carbonyl (C=O) groups excluding carboxylic acids is 1. The summed E-state index contributed by atoms with van der Waals surface area (Å²) in [5.74, 6) is 0.814. The number of carbonyl (C=O) groups is 1. The lowest BCUT2D eigenvalue weighted by Crippen LogP contribution is -2.55. The van der Waals surface area contributed by atoms with Crippen molar-refractivity contribution in [1.29, 1.82) is 0 Å². The minimum atomic E-state index is 0.0549. The molecule has 0 aliphatic carbocycles. The van der Waals surface area contributed by atoms with Crippen molar-refractivity contribution in [3.8, 4) is 0 Å². The van der Waals surface area contributed by atoms with Crippen LogP contribution in [0.1, 0.15) is 17.6 Å². The van der Waals surface area contributed by atoms with E-state index >= 15 is 0 Å². The normalized spacial score (nSPS) is 15.7. The molecule has 0 aromatic carbocycles. The molecule has 0 atom stereocenters. The van der Waals surface area contributed by atoms with Crippen LogP contribution >= 0.6 is 11.3 Å². The molecular weight excluding hydrogens is 350 g/mol. The maximum absolute atomic E-state index is 12.5. The SMILES string of the molecule is CCc1nc(CCNC(=NC)N2CCN(c3cnn(C)c3)C(=O)C2)cs1. The summed E-state index contributed by atoms with van der Waals surface area (Å²) < 4.78 is 1.71. The van der Waals surface area contributed by atoms with Gasteiger partial charge in [0.2, 0.25) is 5.91 Å². The summed E-state index contributed by atoms with van der Waals surface area (Å²) >= 11 is 1.71. The van der Waals surface area contributed by atoms with E-state index in [1.165, 1.54) is 5.01 Å². The number of rotatable bonds is 5. The molecule has 1 fully saturated rings. The number of anilines is 1. The molecule has 0 bridgehead atoms. The third-order valence-electron chi connectivity index (χ3n) is 4.30. The number of nitrogens with one attached hydrogen (secondary N) is 1. The maximum Gasteiger partial charge on any atom is 0.246 e. The van der Waals surface area contributed by atoms with E-state index in [0.717, 1.165) is 43.3 Å². The van der Waals surface area contributed by atoms with Crippen LogP contribution in [0.3, 0.4) is 0 Å². The molecule has 1 amide bonds. The van der Waals surface area contributed by atoms with Crippen molar-refractivity contribution in [2.75, 3.05) is 38.1 Å². The van der Waals surface area contributed by atoms with E-state index in [4.69, 9.17) is 0 Å². The minimum Gasteiger partial charge on any atom is -0.356 e. The predicted octanol–water partition coefficient (Wildman–Crippen LogP) is 0.906. The Kier molecular flexibility index (Phi) is 5.87. The van der Waals surface area contributed by atoms with E-state index < -0.39 is 0 Å². The first-order chi connectivity index (χ1) is 12.6. The third-order valence-corrected chi connectivity index (χ3v) is 5.34. The molecule has 26 heavy (non-hydrogen) atoms. The number of guanidine groups is 1.